The maximum Gasteiger partial charge on any atom is 0.416 e. The number of aryl methyl sites for hydroxylation is 1. The summed E-state index contributed by atoms with van der Waals surface area (Å²) in [4.78, 5) is 23.8. The highest BCUT2D eigenvalue weighted by Crippen LogP contribution is 2.34. The third-order valence-electron chi connectivity index (χ3n) is 5.71. The van der Waals surface area contributed by atoms with E-state index in [9.17, 15) is 36.6 Å². The van der Waals surface area contributed by atoms with E-state index in [1.807, 2.05) is 0 Å². The second-order valence-corrected chi connectivity index (χ2v) is 8.21. The first-order valence-electron chi connectivity index (χ1n) is 10.7. The number of hydrogen-bond donors (Lipinski definition) is 2. The van der Waals surface area contributed by atoms with Gasteiger partial charge >= 0.3 is 6.18 Å². The van der Waals surface area contributed by atoms with Crippen LogP contribution in [0.25, 0.3) is 0 Å². The monoisotopic (exact) mass is 501 g/mol. The number of aldehydes is 1. The Labute approximate surface area is 197 Å². The van der Waals surface area contributed by atoms with Crippen molar-refractivity contribution >= 4 is 12.2 Å². The van der Waals surface area contributed by atoms with E-state index in [4.69, 9.17) is 4.74 Å². The summed E-state index contributed by atoms with van der Waals surface area (Å²) in [5, 5.41) is 15.9. The number of amides is 1. The van der Waals surface area contributed by atoms with Crippen LogP contribution < -0.4 is 10.1 Å². The summed E-state index contributed by atoms with van der Waals surface area (Å²) in [5.41, 5.74) is -1.95. The summed E-state index contributed by atoms with van der Waals surface area (Å²) in [7, 11) is 1.25. The van der Waals surface area contributed by atoms with Crippen LogP contribution in [0.5, 0.6) is 5.88 Å². The summed E-state index contributed by atoms with van der Waals surface area (Å²) < 4.78 is 73.0. The number of nitrogens with one attached hydrogen (secondary N) is 1. The molecule has 1 aromatic heterocycles. The quantitative estimate of drug-likeness (QED) is 0.418. The Morgan fingerprint density at radius 2 is 2.03 bits per heavy atom. The van der Waals surface area contributed by atoms with Gasteiger partial charge in [-0.3, -0.25) is 4.79 Å². The summed E-state index contributed by atoms with van der Waals surface area (Å²) >= 11 is 0. The average Bonchev–Trinajstić information content (AvgIpc) is 3.14. The van der Waals surface area contributed by atoms with E-state index in [1.54, 1.807) is 25.2 Å². The Morgan fingerprint density at radius 1 is 1.31 bits per heavy atom. The van der Waals surface area contributed by atoms with Gasteiger partial charge in [0.05, 0.1) is 5.57 Å². The molecule has 0 saturated heterocycles. The maximum atomic E-state index is 13.7. The highest BCUT2D eigenvalue weighted by Gasteiger charge is 2.36. The van der Waals surface area contributed by atoms with Crippen LogP contribution in [-0.4, -0.2) is 51.5 Å². The van der Waals surface area contributed by atoms with Crippen LogP contribution in [0.4, 0.5) is 22.0 Å². The third-order valence-corrected chi connectivity index (χ3v) is 5.71. The van der Waals surface area contributed by atoms with Crippen molar-refractivity contribution in [3.8, 4) is 5.88 Å². The maximum absolute atomic E-state index is 13.7. The van der Waals surface area contributed by atoms with Crippen LogP contribution in [-0.2, 0) is 11.8 Å². The van der Waals surface area contributed by atoms with Gasteiger partial charge in [-0.1, -0.05) is 30.4 Å². The fraction of sp³-hybridized carbons (Fsp3) is 0.435. The van der Waals surface area contributed by atoms with Crippen LogP contribution >= 0.6 is 0 Å². The molecule has 0 fully saturated rings. The summed E-state index contributed by atoms with van der Waals surface area (Å²) in [6.45, 7) is 1.64. The van der Waals surface area contributed by atoms with Crippen LogP contribution in [0.3, 0.4) is 0 Å². The molecule has 0 saturated carbocycles. The predicted octanol–water partition coefficient (Wildman–Crippen LogP) is 3.73. The second kappa shape index (κ2) is 10.5. The van der Waals surface area contributed by atoms with Gasteiger partial charge in [0, 0.05) is 25.4 Å². The molecule has 190 valence electrons. The zero-order chi connectivity index (χ0) is 25.9. The number of nitrogens with zero attached hydrogens (tertiary/aromatic N) is 2. The molecule has 2 aliphatic rings. The molecule has 12 heteroatoms. The van der Waals surface area contributed by atoms with Gasteiger partial charge in [-0.25, -0.2) is 13.5 Å². The molecule has 35 heavy (non-hydrogen) atoms. The average molecular weight is 501 g/mol. The Morgan fingerprint density at radius 3 is 2.60 bits per heavy atom. The molecule has 1 aromatic rings. The third kappa shape index (κ3) is 6.05. The first kappa shape index (κ1) is 26.3. The zero-order valence-electron chi connectivity index (χ0n) is 18.8. The molecule has 3 unspecified atom stereocenters. The largest absolute Gasteiger partial charge is 0.469 e. The van der Waals surface area contributed by atoms with Gasteiger partial charge < -0.3 is 20.0 Å². The van der Waals surface area contributed by atoms with Gasteiger partial charge in [-0.15, -0.1) is 0 Å². The Kier molecular flexibility index (Phi) is 7.93. The molecule has 1 amide bonds. The highest BCUT2D eigenvalue weighted by atomic mass is 19.4. The Balaban J connectivity index is 1.81. The minimum absolute atomic E-state index is 0.0421. The number of aromatic nitrogens is 2. The number of ether oxygens (including phenoxy) is 1. The topological polar surface area (TPSA) is 93.5 Å². The van der Waals surface area contributed by atoms with Gasteiger partial charge in [0.1, 0.15) is 23.5 Å². The highest BCUT2D eigenvalue weighted by molar-refractivity contribution is 5.98. The predicted molar refractivity (Wildman–Crippen MR) is 115 cm³/mol. The number of allylic oxidation sites excluding steroid dienone is 3. The van der Waals surface area contributed by atoms with Crippen molar-refractivity contribution < 1.29 is 41.4 Å². The molecule has 2 aliphatic carbocycles. The standard InChI is InChI=1S/C23H24F5N3O4/c1-12(13-6-8-14(9-7-13)17(33)11-32)29-21(34)18-19(20(24)25)30-31(2)22(18)35-16-5-3-4-15(10-16)23(26,27)28/h3-4,6,8-13,16-17,20,33H,5,7H2,1-2H3,(H,29,34)/t12-,13?,16?,17?/m0/s1. The Bertz CT molecular complexity index is 1090. The molecule has 4 atom stereocenters. The second-order valence-electron chi connectivity index (χ2n) is 8.21. The first-order chi connectivity index (χ1) is 16.4. The number of aliphatic hydroxyl groups excluding tert-OH is 1. The lowest BCUT2D eigenvalue weighted by molar-refractivity contribution is -0.113. The van der Waals surface area contributed by atoms with Crippen LogP contribution in [0.2, 0.25) is 0 Å². The molecule has 3 rings (SSSR count). The van der Waals surface area contributed by atoms with Gasteiger partial charge in [0.25, 0.3) is 12.3 Å². The van der Waals surface area contributed by atoms with Crippen LogP contribution in [0.1, 0.15) is 42.2 Å². The van der Waals surface area contributed by atoms with Crippen molar-refractivity contribution in [1.29, 1.82) is 0 Å². The van der Waals surface area contributed by atoms with Crippen LogP contribution in [0.15, 0.2) is 47.6 Å². The summed E-state index contributed by atoms with van der Waals surface area (Å²) in [6.07, 6.45) is -1.53. The minimum Gasteiger partial charge on any atom is -0.469 e. The van der Waals surface area contributed by atoms with E-state index in [1.165, 1.54) is 13.1 Å². The molecule has 7 nitrogen and oxygen atoms in total. The zero-order valence-corrected chi connectivity index (χ0v) is 18.8. The minimum atomic E-state index is -4.61. The van der Waals surface area contributed by atoms with Crippen molar-refractivity contribution in [1.82, 2.24) is 15.1 Å². The SMILES string of the molecule is C[C@H](NC(=O)c1c(C(F)F)nn(C)c1OC1C=C(C(F)(F)F)C=CC1)C1C=CC(C(O)C=O)=CC1. The molecule has 1 heterocycles. The van der Waals surface area contributed by atoms with Gasteiger partial charge in [0.2, 0.25) is 5.88 Å². The molecule has 2 N–H and O–H groups in total. The molecule has 0 aliphatic heterocycles. The van der Waals surface area contributed by atoms with Crippen molar-refractivity contribution in [3.63, 3.8) is 0 Å². The molecule has 0 aromatic carbocycles. The molecule has 0 spiro atoms. The van der Waals surface area contributed by atoms with Crippen molar-refractivity contribution in [2.75, 3.05) is 0 Å². The van der Waals surface area contributed by atoms with Crippen molar-refractivity contribution in [3.05, 3.63) is 58.9 Å². The summed E-state index contributed by atoms with van der Waals surface area (Å²) in [5.74, 6) is -1.56. The normalized spacial score (nSPS) is 21.9. The van der Waals surface area contributed by atoms with E-state index >= 15 is 0 Å². The smallest absolute Gasteiger partial charge is 0.416 e. The number of carbonyl (C=O) groups excluding carboxylic acids is 2. The fourth-order valence-corrected chi connectivity index (χ4v) is 3.81. The van der Waals surface area contributed by atoms with E-state index < -0.39 is 53.6 Å². The lowest BCUT2D eigenvalue weighted by Crippen LogP contribution is -2.38. The van der Waals surface area contributed by atoms with Crippen molar-refractivity contribution in [2.24, 2.45) is 13.0 Å². The number of halogens is 5. The number of aliphatic hydroxyl groups is 1. The number of alkyl halides is 5. The number of carbonyl (C=O) groups is 2. The number of hydrogen-bond acceptors (Lipinski definition) is 5. The molecular formula is C23H24F5N3O4. The first-order valence-corrected chi connectivity index (χ1v) is 10.7. The van der Waals surface area contributed by atoms with E-state index in [-0.39, 0.29) is 18.2 Å². The lowest BCUT2D eigenvalue weighted by Gasteiger charge is -2.25. The molecule has 0 bridgehead atoms. The van der Waals surface area contributed by atoms with E-state index in [0.29, 0.717) is 18.3 Å². The van der Waals surface area contributed by atoms with Crippen LogP contribution in [0, 0.1) is 5.92 Å². The fourth-order valence-electron chi connectivity index (χ4n) is 3.81. The lowest BCUT2D eigenvalue weighted by atomic mass is 9.89. The van der Waals surface area contributed by atoms with E-state index in [0.717, 1.165) is 16.8 Å². The van der Waals surface area contributed by atoms with E-state index in [2.05, 4.69) is 10.4 Å². The molecule has 0 radical (unpaired) electrons. The molecular weight excluding hydrogens is 477 g/mol. The number of rotatable bonds is 8. The van der Waals surface area contributed by atoms with Gasteiger partial charge in [0.15, 0.2) is 6.29 Å². The van der Waals surface area contributed by atoms with Gasteiger partial charge in [-0.2, -0.15) is 18.3 Å². The van der Waals surface area contributed by atoms with Crippen molar-refractivity contribution in [2.45, 2.75) is 50.6 Å². The Hall–Kier alpha value is -3.28. The summed E-state index contributed by atoms with van der Waals surface area (Å²) in [6, 6.07) is -0.558. The van der Waals surface area contributed by atoms with Gasteiger partial charge in [-0.05, 0) is 25.0 Å².